The number of hydrogen-bond donors (Lipinski definition) is 2. The highest BCUT2D eigenvalue weighted by molar-refractivity contribution is 5.54. The third-order valence-electron chi connectivity index (χ3n) is 2.04. The second-order valence-corrected chi connectivity index (χ2v) is 3.29. The van der Waals surface area contributed by atoms with E-state index in [0.29, 0.717) is 18.5 Å². The minimum absolute atomic E-state index is 0.230. The molecule has 1 heterocycles. The van der Waals surface area contributed by atoms with Gasteiger partial charge in [-0.3, -0.25) is 0 Å². The second kappa shape index (κ2) is 5.31. The Labute approximate surface area is 98.8 Å². The van der Waals surface area contributed by atoms with Crippen molar-refractivity contribution in [3.05, 3.63) is 30.2 Å². The molecular weight excluding hydrogens is 220 g/mol. The number of benzene rings is 1. The predicted octanol–water partition coefficient (Wildman–Crippen LogP) is 1.67. The zero-order chi connectivity index (χ0) is 12.1. The highest BCUT2D eigenvalue weighted by atomic mass is 16.5. The van der Waals surface area contributed by atoms with E-state index in [9.17, 15) is 0 Å². The Hall–Kier alpha value is -2.08. The van der Waals surface area contributed by atoms with Crippen LogP contribution in [0.3, 0.4) is 0 Å². The number of ether oxygens (including phenoxy) is 1. The van der Waals surface area contributed by atoms with Gasteiger partial charge in [-0.15, -0.1) is 5.10 Å². The average molecular weight is 234 g/mol. The van der Waals surface area contributed by atoms with Gasteiger partial charge < -0.3 is 20.2 Å². The molecule has 0 saturated carbocycles. The summed E-state index contributed by atoms with van der Waals surface area (Å²) in [5.74, 6) is 1.18. The summed E-state index contributed by atoms with van der Waals surface area (Å²) in [7, 11) is 0. The number of rotatable bonds is 5. The van der Waals surface area contributed by atoms with Crippen molar-refractivity contribution in [3.63, 3.8) is 0 Å². The SMILES string of the molecule is CCOc1cccc(Nc2nnc(CN)o2)c1. The highest BCUT2D eigenvalue weighted by Crippen LogP contribution is 2.20. The highest BCUT2D eigenvalue weighted by Gasteiger charge is 2.04. The summed E-state index contributed by atoms with van der Waals surface area (Å²) < 4.78 is 10.6. The third kappa shape index (κ3) is 2.94. The number of nitrogens with one attached hydrogen (secondary N) is 1. The molecule has 17 heavy (non-hydrogen) atoms. The molecule has 0 aliphatic heterocycles. The Morgan fingerprint density at radius 2 is 2.29 bits per heavy atom. The molecule has 0 bridgehead atoms. The number of anilines is 2. The van der Waals surface area contributed by atoms with Crippen LogP contribution >= 0.6 is 0 Å². The van der Waals surface area contributed by atoms with Crippen LogP contribution in [-0.2, 0) is 6.54 Å². The predicted molar refractivity (Wildman–Crippen MR) is 63.1 cm³/mol. The van der Waals surface area contributed by atoms with Gasteiger partial charge in [-0.25, -0.2) is 0 Å². The van der Waals surface area contributed by atoms with Crippen LogP contribution in [0.5, 0.6) is 5.75 Å². The standard InChI is InChI=1S/C11H14N4O2/c1-2-16-9-5-3-4-8(6-9)13-11-15-14-10(7-12)17-11/h3-6H,2,7,12H2,1H3,(H,13,15). The first-order valence-electron chi connectivity index (χ1n) is 5.34. The van der Waals surface area contributed by atoms with Crippen molar-refractivity contribution in [3.8, 4) is 5.75 Å². The van der Waals surface area contributed by atoms with Gasteiger partial charge in [0.15, 0.2) is 0 Å². The molecule has 1 aromatic carbocycles. The molecule has 0 saturated heterocycles. The zero-order valence-corrected chi connectivity index (χ0v) is 9.51. The summed E-state index contributed by atoms with van der Waals surface area (Å²) in [4.78, 5) is 0. The lowest BCUT2D eigenvalue weighted by molar-refractivity contribution is 0.340. The van der Waals surface area contributed by atoms with Gasteiger partial charge in [0.25, 0.3) is 0 Å². The van der Waals surface area contributed by atoms with E-state index < -0.39 is 0 Å². The molecule has 90 valence electrons. The molecule has 6 heteroatoms. The first-order valence-corrected chi connectivity index (χ1v) is 5.34. The molecule has 3 N–H and O–H groups in total. The average Bonchev–Trinajstić information content (AvgIpc) is 2.78. The molecule has 0 spiro atoms. The quantitative estimate of drug-likeness (QED) is 0.818. The smallest absolute Gasteiger partial charge is 0.320 e. The van der Waals surface area contributed by atoms with Crippen LogP contribution in [0.1, 0.15) is 12.8 Å². The molecular formula is C11H14N4O2. The van der Waals surface area contributed by atoms with Crippen molar-refractivity contribution in [2.24, 2.45) is 5.73 Å². The summed E-state index contributed by atoms with van der Waals surface area (Å²) in [6.07, 6.45) is 0. The van der Waals surface area contributed by atoms with E-state index in [2.05, 4.69) is 15.5 Å². The fraction of sp³-hybridized carbons (Fsp3) is 0.273. The lowest BCUT2D eigenvalue weighted by Gasteiger charge is -2.05. The summed E-state index contributed by atoms with van der Waals surface area (Å²) >= 11 is 0. The molecule has 2 rings (SSSR count). The van der Waals surface area contributed by atoms with E-state index in [1.54, 1.807) is 0 Å². The number of nitrogens with two attached hydrogens (primary N) is 1. The van der Waals surface area contributed by atoms with Crippen LogP contribution in [0.15, 0.2) is 28.7 Å². The van der Waals surface area contributed by atoms with Crippen molar-refractivity contribution in [2.75, 3.05) is 11.9 Å². The Balaban J connectivity index is 2.09. The maximum absolute atomic E-state index is 5.38. The van der Waals surface area contributed by atoms with Gasteiger partial charge in [0.1, 0.15) is 5.75 Å². The van der Waals surface area contributed by atoms with Crippen LogP contribution in [0.2, 0.25) is 0 Å². The first-order chi connectivity index (χ1) is 8.31. The molecule has 0 radical (unpaired) electrons. The normalized spacial score (nSPS) is 10.2. The Bertz CT molecular complexity index is 484. The van der Waals surface area contributed by atoms with Crippen molar-refractivity contribution < 1.29 is 9.15 Å². The van der Waals surface area contributed by atoms with Crippen molar-refractivity contribution in [1.82, 2.24) is 10.2 Å². The maximum atomic E-state index is 5.38. The van der Waals surface area contributed by atoms with E-state index in [4.69, 9.17) is 14.9 Å². The molecule has 0 aliphatic carbocycles. The largest absolute Gasteiger partial charge is 0.494 e. The van der Waals surface area contributed by atoms with E-state index in [1.165, 1.54) is 0 Å². The van der Waals surface area contributed by atoms with Crippen molar-refractivity contribution in [2.45, 2.75) is 13.5 Å². The van der Waals surface area contributed by atoms with Gasteiger partial charge in [-0.05, 0) is 19.1 Å². The van der Waals surface area contributed by atoms with Crippen LogP contribution < -0.4 is 15.8 Å². The number of aromatic nitrogens is 2. The van der Waals surface area contributed by atoms with Gasteiger partial charge in [-0.2, -0.15) is 0 Å². The van der Waals surface area contributed by atoms with Gasteiger partial charge in [0.2, 0.25) is 5.89 Å². The van der Waals surface area contributed by atoms with Crippen molar-refractivity contribution >= 4 is 11.7 Å². The minimum atomic E-state index is 0.230. The Morgan fingerprint density at radius 1 is 1.41 bits per heavy atom. The van der Waals surface area contributed by atoms with E-state index in [-0.39, 0.29) is 6.54 Å². The Morgan fingerprint density at radius 3 is 3.00 bits per heavy atom. The fourth-order valence-electron chi connectivity index (χ4n) is 1.34. The molecule has 2 aromatic rings. The molecule has 1 aromatic heterocycles. The lowest BCUT2D eigenvalue weighted by atomic mass is 10.3. The lowest BCUT2D eigenvalue weighted by Crippen LogP contribution is -1.95. The molecule has 0 unspecified atom stereocenters. The van der Waals surface area contributed by atoms with Gasteiger partial charge in [-0.1, -0.05) is 11.2 Å². The second-order valence-electron chi connectivity index (χ2n) is 3.29. The van der Waals surface area contributed by atoms with Crippen LogP contribution in [0.4, 0.5) is 11.7 Å². The van der Waals surface area contributed by atoms with E-state index >= 15 is 0 Å². The number of hydrogen-bond acceptors (Lipinski definition) is 6. The summed E-state index contributed by atoms with van der Waals surface area (Å²) in [5, 5.41) is 10.5. The Kier molecular flexibility index (Phi) is 3.56. The van der Waals surface area contributed by atoms with E-state index in [1.807, 2.05) is 31.2 Å². The summed E-state index contributed by atoms with van der Waals surface area (Å²) in [6.45, 7) is 2.79. The fourth-order valence-corrected chi connectivity index (χ4v) is 1.34. The topological polar surface area (TPSA) is 86.2 Å². The van der Waals surface area contributed by atoms with Crippen LogP contribution in [0, 0.1) is 0 Å². The van der Waals surface area contributed by atoms with E-state index in [0.717, 1.165) is 11.4 Å². The van der Waals surface area contributed by atoms with Crippen LogP contribution in [-0.4, -0.2) is 16.8 Å². The molecule has 0 fully saturated rings. The van der Waals surface area contributed by atoms with Crippen molar-refractivity contribution in [1.29, 1.82) is 0 Å². The van der Waals surface area contributed by atoms with Crippen LogP contribution in [0.25, 0.3) is 0 Å². The first kappa shape index (κ1) is 11.4. The monoisotopic (exact) mass is 234 g/mol. The summed E-state index contributed by atoms with van der Waals surface area (Å²) in [5.41, 5.74) is 6.20. The zero-order valence-electron chi connectivity index (χ0n) is 9.51. The maximum Gasteiger partial charge on any atom is 0.320 e. The minimum Gasteiger partial charge on any atom is -0.494 e. The third-order valence-corrected chi connectivity index (χ3v) is 2.04. The molecule has 0 amide bonds. The molecule has 0 aliphatic rings. The van der Waals surface area contributed by atoms with Gasteiger partial charge in [0.05, 0.1) is 13.2 Å². The number of nitrogens with zero attached hydrogens (tertiary/aromatic N) is 2. The van der Waals surface area contributed by atoms with Gasteiger partial charge >= 0.3 is 6.01 Å². The summed E-state index contributed by atoms with van der Waals surface area (Å²) in [6, 6.07) is 7.82. The molecule has 6 nitrogen and oxygen atoms in total. The van der Waals surface area contributed by atoms with Gasteiger partial charge in [0, 0.05) is 11.8 Å². The molecule has 0 atom stereocenters.